The molecule has 0 aromatic carbocycles. The highest BCUT2D eigenvalue weighted by molar-refractivity contribution is 4.96. The van der Waals surface area contributed by atoms with Gasteiger partial charge in [-0.3, -0.25) is 9.80 Å². The van der Waals surface area contributed by atoms with Crippen LogP contribution >= 0.6 is 0 Å². The second kappa shape index (κ2) is 7.24. The molecule has 118 valence electrons. The fraction of sp³-hybridized carbons (Fsp3) is 1.00. The quantitative estimate of drug-likeness (QED) is 0.745. The summed E-state index contributed by atoms with van der Waals surface area (Å²) in [6.07, 6.45) is 2.78. The Labute approximate surface area is 125 Å². The van der Waals surface area contributed by atoms with Crippen molar-refractivity contribution in [1.82, 2.24) is 9.80 Å². The monoisotopic (exact) mass is 282 g/mol. The van der Waals surface area contributed by atoms with Crippen molar-refractivity contribution >= 4 is 0 Å². The SMILES string of the molecule is CCOCC(C(C)C)N1CC2CCCN2CC1C(C)C. The summed E-state index contributed by atoms with van der Waals surface area (Å²) in [6, 6.07) is 2.06. The third kappa shape index (κ3) is 3.55. The van der Waals surface area contributed by atoms with Crippen LogP contribution in [0.3, 0.4) is 0 Å². The first kappa shape index (κ1) is 16.3. The first-order valence-electron chi connectivity index (χ1n) is 8.62. The zero-order valence-electron chi connectivity index (χ0n) is 14.1. The Morgan fingerprint density at radius 2 is 1.90 bits per heavy atom. The van der Waals surface area contributed by atoms with E-state index in [1.165, 1.54) is 32.5 Å². The van der Waals surface area contributed by atoms with Crippen LogP contribution in [0, 0.1) is 11.8 Å². The second-order valence-electron chi connectivity index (χ2n) is 7.27. The highest BCUT2D eigenvalue weighted by atomic mass is 16.5. The van der Waals surface area contributed by atoms with E-state index in [1.54, 1.807) is 0 Å². The molecule has 2 aliphatic heterocycles. The van der Waals surface area contributed by atoms with Gasteiger partial charge in [-0.15, -0.1) is 0 Å². The maximum Gasteiger partial charge on any atom is 0.0624 e. The van der Waals surface area contributed by atoms with E-state index in [1.807, 2.05) is 0 Å². The predicted octanol–water partition coefficient (Wildman–Crippen LogP) is 2.85. The summed E-state index contributed by atoms with van der Waals surface area (Å²) in [4.78, 5) is 5.52. The van der Waals surface area contributed by atoms with Crippen LogP contribution < -0.4 is 0 Å². The van der Waals surface area contributed by atoms with Crippen molar-refractivity contribution in [3.8, 4) is 0 Å². The van der Waals surface area contributed by atoms with Crippen LogP contribution in [-0.2, 0) is 4.74 Å². The molecule has 2 aliphatic rings. The van der Waals surface area contributed by atoms with E-state index >= 15 is 0 Å². The fourth-order valence-corrected chi connectivity index (χ4v) is 3.95. The fourth-order valence-electron chi connectivity index (χ4n) is 3.95. The van der Waals surface area contributed by atoms with Gasteiger partial charge in [-0.25, -0.2) is 0 Å². The molecule has 0 N–H and O–H groups in total. The van der Waals surface area contributed by atoms with Gasteiger partial charge in [0.2, 0.25) is 0 Å². The lowest BCUT2D eigenvalue weighted by molar-refractivity contribution is -0.0420. The van der Waals surface area contributed by atoms with Crippen LogP contribution in [0.4, 0.5) is 0 Å². The Bertz CT molecular complexity index is 293. The van der Waals surface area contributed by atoms with Crippen LogP contribution in [0.1, 0.15) is 47.5 Å². The lowest BCUT2D eigenvalue weighted by Crippen LogP contribution is -2.62. The predicted molar refractivity (Wildman–Crippen MR) is 85.0 cm³/mol. The lowest BCUT2D eigenvalue weighted by Gasteiger charge is -2.49. The van der Waals surface area contributed by atoms with Gasteiger partial charge in [0.05, 0.1) is 6.61 Å². The molecule has 3 heteroatoms. The summed E-state index contributed by atoms with van der Waals surface area (Å²) >= 11 is 0. The zero-order chi connectivity index (χ0) is 14.7. The van der Waals surface area contributed by atoms with Gasteiger partial charge < -0.3 is 4.74 Å². The molecule has 0 spiro atoms. The van der Waals surface area contributed by atoms with Crippen molar-refractivity contribution < 1.29 is 4.74 Å². The van der Waals surface area contributed by atoms with Gasteiger partial charge in [0, 0.05) is 37.8 Å². The second-order valence-corrected chi connectivity index (χ2v) is 7.27. The van der Waals surface area contributed by atoms with Crippen molar-refractivity contribution in [3.63, 3.8) is 0 Å². The first-order valence-corrected chi connectivity index (χ1v) is 8.62. The van der Waals surface area contributed by atoms with E-state index in [4.69, 9.17) is 4.74 Å². The Morgan fingerprint density at radius 3 is 2.50 bits per heavy atom. The third-order valence-electron chi connectivity index (χ3n) is 5.23. The molecule has 20 heavy (non-hydrogen) atoms. The molecular formula is C17H34N2O. The summed E-state index contributed by atoms with van der Waals surface area (Å²) < 4.78 is 5.79. The number of rotatable bonds is 6. The number of hydrogen-bond acceptors (Lipinski definition) is 3. The molecule has 3 nitrogen and oxygen atoms in total. The minimum atomic E-state index is 0.574. The van der Waals surface area contributed by atoms with Gasteiger partial charge >= 0.3 is 0 Å². The van der Waals surface area contributed by atoms with Gasteiger partial charge in [-0.1, -0.05) is 27.7 Å². The van der Waals surface area contributed by atoms with Crippen molar-refractivity contribution in [2.45, 2.75) is 65.6 Å². The molecule has 0 aromatic rings. The topological polar surface area (TPSA) is 15.7 Å². The van der Waals surface area contributed by atoms with Gasteiger partial charge in [-0.05, 0) is 38.1 Å². The van der Waals surface area contributed by atoms with Crippen molar-refractivity contribution in [2.24, 2.45) is 11.8 Å². The molecular weight excluding hydrogens is 248 g/mol. The number of ether oxygens (including phenoxy) is 1. The van der Waals surface area contributed by atoms with Gasteiger partial charge in [-0.2, -0.15) is 0 Å². The van der Waals surface area contributed by atoms with Crippen molar-refractivity contribution in [1.29, 1.82) is 0 Å². The maximum atomic E-state index is 5.79. The highest BCUT2D eigenvalue weighted by Crippen LogP contribution is 2.30. The zero-order valence-corrected chi connectivity index (χ0v) is 14.1. The van der Waals surface area contributed by atoms with Crippen LogP contribution in [0.5, 0.6) is 0 Å². The number of nitrogens with zero attached hydrogens (tertiary/aromatic N) is 2. The Morgan fingerprint density at radius 1 is 1.15 bits per heavy atom. The standard InChI is InChI=1S/C17H34N2O/c1-6-20-12-17(14(4)5)19-10-15-8-7-9-18(15)11-16(19)13(2)3/h13-17H,6-12H2,1-5H3. The molecule has 2 fully saturated rings. The van der Waals surface area contributed by atoms with Gasteiger partial charge in [0.25, 0.3) is 0 Å². The Balaban J connectivity index is 2.10. The highest BCUT2D eigenvalue weighted by Gasteiger charge is 2.40. The van der Waals surface area contributed by atoms with Crippen molar-refractivity contribution in [2.75, 3.05) is 32.8 Å². The third-order valence-corrected chi connectivity index (χ3v) is 5.23. The molecule has 0 bridgehead atoms. The minimum Gasteiger partial charge on any atom is -0.380 e. The maximum absolute atomic E-state index is 5.79. The Hall–Kier alpha value is -0.120. The number of hydrogen-bond donors (Lipinski definition) is 0. The molecule has 3 atom stereocenters. The van der Waals surface area contributed by atoms with Crippen LogP contribution in [0.15, 0.2) is 0 Å². The molecule has 0 aliphatic carbocycles. The average molecular weight is 282 g/mol. The van der Waals surface area contributed by atoms with E-state index in [-0.39, 0.29) is 0 Å². The molecule has 2 rings (SSSR count). The van der Waals surface area contributed by atoms with Crippen LogP contribution in [0.2, 0.25) is 0 Å². The minimum absolute atomic E-state index is 0.574. The first-order chi connectivity index (χ1) is 9.54. The number of piperazine rings is 1. The summed E-state index contributed by atoms with van der Waals surface area (Å²) in [5, 5.41) is 0. The number of fused-ring (bicyclic) bond motifs is 1. The van der Waals surface area contributed by atoms with Crippen molar-refractivity contribution in [3.05, 3.63) is 0 Å². The van der Waals surface area contributed by atoms with E-state index in [2.05, 4.69) is 44.4 Å². The summed E-state index contributed by atoms with van der Waals surface area (Å²) in [5.41, 5.74) is 0. The molecule has 0 aromatic heterocycles. The summed E-state index contributed by atoms with van der Waals surface area (Å²) in [6.45, 7) is 17.1. The summed E-state index contributed by atoms with van der Waals surface area (Å²) in [5.74, 6) is 1.38. The Kier molecular flexibility index (Phi) is 5.88. The molecule has 3 unspecified atom stereocenters. The van der Waals surface area contributed by atoms with Crippen LogP contribution in [-0.4, -0.2) is 60.8 Å². The molecule has 0 radical (unpaired) electrons. The smallest absolute Gasteiger partial charge is 0.0624 e. The summed E-state index contributed by atoms with van der Waals surface area (Å²) in [7, 11) is 0. The van der Waals surface area contributed by atoms with E-state index in [0.717, 1.165) is 25.2 Å². The van der Waals surface area contributed by atoms with E-state index < -0.39 is 0 Å². The largest absolute Gasteiger partial charge is 0.380 e. The van der Waals surface area contributed by atoms with E-state index in [0.29, 0.717) is 18.0 Å². The van der Waals surface area contributed by atoms with Crippen LogP contribution in [0.25, 0.3) is 0 Å². The molecule has 0 saturated carbocycles. The molecule has 0 amide bonds. The molecule has 2 heterocycles. The average Bonchev–Trinajstić information content (AvgIpc) is 2.84. The van der Waals surface area contributed by atoms with Gasteiger partial charge in [0.1, 0.15) is 0 Å². The van der Waals surface area contributed by atoms with Gasteiger partial charge in [0.15, 0.2) is 0 Å². The van der Waals surface area contributed by atoms with E-state index in [9.17, 15) is 0 Å². The molecule has 2 saturated heterocycles. The normalized spacial score (nSPS) is 30.1. The lowest BCUT2D eigenvalue weighted by atomic mass is 9.92.